The van der Waals surface area contributed by atoms with Crippen LogP contribution in [0.1, 0.15) is 19.8 Å². The highest BCUT2D eigenvalue weighted by Crippen LogP contribution is 2.22. The molecule has 0 radical (unpaired) electrons. The van der Waals surface area contributed by atoms with E-state index in [1.54, 1.807) is 0 Å². The van der Waals surface area contributed by atoms with Crippen LogP contribution in [0.4, 0.5) is 0 Å². The van der Waals surface area contributed by atoms with Crippen molar-refractivity contribution in [2.75, 3.05) is 33.2 Å². The van der Waals surface area contributed by atoms with Gasteiger partial charge < -0.3 is 4.90 Å². The van der Waals surface area contributed by atoms with Gasteiger partial charge in [0.25, 0.3) is 0 Å². The lowest BCUT2D eigenvalue weighted by atomic mass is 10.2. The average Bonchev–Trinajstić information content (AvgIpc) is 2.58. The van der Waals surface area contributed by atoms with E-state index in [0.717, 1.165) is 12.0 Å². The highest BCUT2D eigenvalue weighted by atomic mass is 15.2. The van der Waals surface area contributed by atoms with Crippen molar-refractivity contribution in [3.63, 3.8) is 0 Å². The average molecular weight is 168 g/mol. The fraction of sp³-hybridized carbons (Fsp3) is 1.00. The highest BCUT2D eigenvalue weighted by Gasteiger charge is 2.29. The molecule has 0 spiro atoms. The first-order valence-electron chi connectivity index (χ1n) is 5.18. The Hall–Kier alpha value is -0.0800. The maximum absolute atomic E-state index is 2.69. The number of likely N-dealkylation sites (N-methyl/N-ethyl adjacent to an activating group) is 1. The second-order valence-corrected chi connectivity index (χ2v) is 4.59. The van der Waals surface area contributed by atoms with Crippen LogP contribution in [0.25, 0.3) is 0 Å². The first-order chi connectivity index (χ1) is 5.75. The molecule has 0 aromatic heterocycles. The standard InChI is InChI=1S/C10H20N2/c1-9-3-6-12(7-9)10-4-5-11(2)8-10/h9-10H,3-8H2,1-2H3/t9-,10?/m0/s1. The molecule has 2 aliphatic heterocycles. The first kappa shape index (κ1) is 8.52. The molecule has 70 valence electrons. The van der Waals surface area contributed by atoms with Crippen molar-refractivity contribution in [3.05, 3.63) is 0 Å². The van der Waals surface area contributed by atoms with E-state index in [2.05, 4.69) is 23.8 Å². The Labute approximate surface area is 75.5 Å². The van der Waals surface area contributed by atoms with Gasteiger partial charge in [0.05, 0.1) is 0 Å². The van der Waals surface area contributed by atoms with Gasteiger partial charge in [-0.2, -0.15) is 0 Å². The summed E-state index contributed by atoms with van der Waals surface area (Å²) in [6.07, 6.45) is 2.81. The van der Waals surface area contributed by atoms with E-state index in [1.807, 2.05) is 0 Å². The summed E-state index contributed by atoms with van der Waals surface area (Å²) in [5, 5.41) is 0. The molecule has 2 fully saturated rings. The number of nitrogens with zero attached hydrogens (tertiary/aromatic N) is 2. The Morgan fingerprint density at radius 3 is 2.42 bits per heavy atom. The lowest BCUT2D eigenvalue weighted by Crippen LogP contribution is -2.35. The Bertz CT molecular complexity index is 140. The zero-order chi connectivity index (χ0) is 8.55. The van der Waals surface area contributed by atoms with Gasteiger partial charge in [0.2, 0.25) is 0 Å². The Morgan fingerprint density at radius 1 is 1.08 bits per heavy atom. The van der Waals surface area contributed by atoms with Gasteiger partial charge in [-0.25, -0.2) is 0 Å². The van der Waals surface area contributed by atoms with Crippen LogP contribution in [0.3, 0.4) is 0 Å². The van der Waals surface area contributed by atoms with Crippen LogP contribution < -0.4 is 0 Å². The van der Waals surface area contributed by atoms with E-state index in [4.69, 9.17) is 0 Å². The van der Waals surface area contributed by atoms with Crippen molar-refractivity contribution in [2.24, 2.45) is 5.92 Å². The normalized spacial score (nSPS) is 39.5. The Morgan fingerprint density at radius 2 is 1.92 bits per heavy atom. The summed E-state index contributed by atoms with van der Waals surface area (Å²) in [7, 11) is 2.24. The summed E-state index contributed by atoms with van der Waals surface area (Å²) in [5.41, 5.74) is 0. The van der Waals surface area contributed by atoms with E-state index in [-0.39, 0.29) is 0 Å². The van der Waals surface area contributed by atoms with Crippen LogP contribution in [0.5, 0.6) is 0 Å². The molecule has 0 N–H and O–H groups in total. The smallest absolute Gasteiger partial charge is 0.0235 e. The van der Waals surface area contributed by atoms with Crippen molar-refractivity contribution >= 4 is 0 Å². The summed E-state index contributed by atoms with van der Waals surface area (Å²) >= 11 is 0. The van der Waals surface area contributed by atoms with Gasteiger partial charge in [-0.15, -0.1) is 0 Å². The maximum Gasteiger partial charge on any atom is 0.0235 e. The fourth-order valence-corrected chi connectivity index (χ4v) is 2.51. The minimum Gasteiger partial charge on any atom is -0.305 e. The number of hydrogen-bond acceptors (Lipinski definition) is 2. The van der Waals surface area contributed by atoms with Gasteiger partial charge in [0.1, 0.15) is 0 Å². The molecule has 0 aliphatic carbocycles. The Kier molecular flexibility index (Phi) is 2.37. The first-order valence-corrected chi connectivity index (χ1v) is 5.18. The van der Waals surface area contributed by atoms with Crippen LogP contribution >= 0.6 is 0 Å². The summed E-state index contributed by atoms with van der Waals surface area (Å²) in [6.45, 7) is 7.67. The zero-order valence-electron chi connectivity index (χ0n) is 8.29. The molecule has 0 aromatic carbocycles. The molecule has 2 saturated heterocycles. The van der Waals surface area contributed by atoms with Crippen molar-refractivity contribution in [2.45, 2.75) is 25.8 Å². The second-order valence-electron chi connectivity index (χ2n) is 4.59. The summed E-state index contributed by atoms with van der Waals surface area (Å²) in [6, 6.07) is 0.875. The van der Waals surface area contributed by atoms with Crippen LogP contribution in [0.15, 0.2) is 0 Å². The molecule has 2 heterocycles. The van der Waals surface area contributed by atoms with Gasteiger partial charge in [-0.1, -0.05) is 6.92 Å². The van der Waals surface area contributed by atoms with Crippen molar-refractivity contribution in [1.82, 2.24) is 9.80 Å². The maximum atomic E-state index is 2.69. The number of rotatable bonds is 1. The van der Waals surface area contributed by atoms with Crippen LogP contribution in [-0.2, 0) is 0 Å². The predicted octanol–water partition coefficient (Wildman–Crippen LogP) is 1.03. The fourth-order valence-electron chi connectivity index (χ4n) is 2.51. The van der Waals surface area contributed by atoms with E-state index in [0.29, 0.717) is 0 Å². The molecule has 0 aromatic rings. The topological polar surface area (TPSA) is 6.48 Å². The summed E-state index contributed by atoms with van der Waals surface area (Å²) < 4.78 is 0. The lowest BCUT2D eigenvalue weighted by molar-refractivity contribution is 0.236. The third-order valence-electron chi connectivity index (χ3n) is 3.34. The van der Waals surface area contributed by atoms with Gasteiger partial charge in [0.15, 0.2) is 0 Å². The molecule has 2 aliphatic rings. The van der Waals surface area contributed by atoms with Crippen molar-refractivity contribution in [3.8, 4) is 0 Å². The van der Waals surface area contributed by atoms with E-state index < -0.39 is 0 Å². The van der Waals surface area contributed by atoms with Crippen molar-refractivity contribution < 1.29 is 0 Å². The van der Waals surface area contributed by atoms with Gasteiger partial charge in [-0.05, 0) is 38.9 Å². The molecule has 0 bridgehead atoms. The molecule has 2 atom stereocenters. The largest absolute Gasteiger partial charge is 0.305 e. The molecular formula is C10H20N2. The molecule has 12 heavy (non-hydrogen) atoms. The molecule has 0 saturated carbocycles. The van der Waals surface area contributed by atoms with Crippen molar-refractivity contribution in [1.29, 1.82) is 0 Å². The van der Waals surface area contributed by atoms with E-state index in [9.17, 15) is 0 Å². The molecule has 0 amide bonds. The number of hydrogen-bond donors (Lipinski definition) is 0. The van der Waals surface area contributed by atoms with E-state index in [1.165, 1.54) is 39.0 Å². The third-order valence-corrected chi connectivity index (χ3v) is 3.34. The molecule has 2 nitrogen and oxygen atoms in total. The van der Waals surface area contributed by atoms with Gasteiger partial charge in [0, 0.05) is 19.1 Å². The molecule has 2 heteroatoms. The third kappa shape index (κ3) is 1.64. The molecule has 1 unspecified atom stereocenters. The highest BCUT2D eigenvalue weighted by molar-refractivity contribution is 4.85. The SMILES string of the molecule is C[C@H]1CCN(C2CCN(C)C2)C1. The van der Waals surface area contributed by atoms with Gasteiger partial charge in [-0.3, -0.25) is 4.90 Å². The number of likely N-dealkylation sites (tertiary alicyclic amines) is 2. The minimum atomic E-state index is 0.875. The Balaban J connectivity index is 1.85. The molecule has 2 rings (SSSR count). The summed E-state index contributed by atoms with van der Waals surface area (Å²) in [5.74, 6) is 0.941. The van der Waals surface area contributed by atoms with Crippen LogP contribution in [0, 0.1) is 5.92 Å². The van der Waals surface area contributed by atoms with E-state index >= 15 is 0 Å². The lowest BCUT2D eigenvalue weighted by Gasteiger charge is -2.23. The quantitative estimate of drug-likeness (QED) is 0.577. The monoisotopic (exact) mass is 168 g/mol. The van der Waals surface area contributed by atoms with Crippen LogP contribution in [0.2, 0.25) is 0 Å². The second kappa shape index (κ2) is 3.35. The minimum absolute atomic E-state index is 0.875. The predicted molar refractivity (Wildman–Crippen MR) is 51.3 cm³/mol. The van der Waals surface area contributed by atoms with Gasteiger partial charge >= 0.3 is 0 Å². The molecular weight excluding hydrogens is 148 g/mol. The van der Waals surface area contributed by atoms with Crippen LogP contribution in [-0.4, -0.2) is 49.1 Å². The summed E-state index contributed by atoms with van der Waals surface area (Å²) in [4.78, 5) is 5.14. The zero-order valence-corrected chi connectivity index (χ0v) is 8.29.